The van der Waals surface area contributed by atoms with E-state index < -0.39 is 0 Å². The Balaban J connectivity index is 0.000000140. The summed E-state index contributed by atoms with van der Waals surface area (Å²) >= 11 is 0. The van der Waals surface area contributed by atoms with Gasteiger partial charge >= 0.3 is 0 Å². The number of nitrogens with zero attached hydrogens (tertiary/aromatic N) is 1. The first-order valence-corrected chi connectivity index (χ1v) is 9.41. The molecule has 0 atom stereocenters. The fourth-order valence-electron chi connectivity index (χ4n) is 4.20. The maximum atomic E-state index is 5.86. The zero-order chi connectivity index (χ0) is 16.6. The highest BCUT2D eigenvalue weighted by atomic mass is 16.5. The summed E-state index contributed by atoms with van der Waals surface area (Å²) in [4.78, 5) is 4.10. The van der Waals surface area contributed by atoms with Crippen LogP contribution < -0.4 is 4.74 Å². The lowest BCUT2D eigenvalue weighted by Crippen LogP contribution is -2.39. The monoisotopic (exact) mass is 315 g/mol. The number of fused-ring (bicyclic) bond motifs is 3. The van der Waals surface area contributed by atoms with Gasteiger partial charge in [-0.1, -0.05) is 13.8 Å². The first-order chi connectivity index (χ1) is 10.8. The lowest BCUT2D eigenvalue weighted by atomic mass is 9.55. The minimum absolute atomic E-state index is 0.0788. The van der Waals surface area contributed by atoms with Crippen molar-refractivity contribution in [1.29, 1.82) is 0 Å². The fraction of sp³-hybridized carbons (Fsp3) is 0.762. The van der Waals surface area contributed by atoms with Crippen molar-refractivity contribution in [2.75, 3.05) is 0 Å². The van der Waals surface area contributed by atoms with E-state index in [1.54, 1.807) is 6.20 Å². The summed E-state index contributed by atoms with van der Waals surface area (Å²) in [6.07, 6.45) is 16.3. The number of aromatic nitrogens is 1. The van der Waals surface area contributed by atoms with Gasteiger partial charge in [0.2, 0.25) is 0 Å². The third-order valence-corrected chi connectivity index (χ3v) is 6.62. The molecule has 23 heavy (non-hydrogen) atoms. The molecule has 128 valence electrons. The first-order valence-electron chi connectivity index (χ1n) is 9.41. The molecule has 4 aliphatic rings. The predicted molar refractivity (Wildman–Crippen MR) is 95.8 cm³/mol. The van der Waals surface area contributed by atoms with Gasteiger partial charge in [0.05, 0.1) is 6.20 Å². The summed E-state index contributed by atoms with van der Waals surface area (Å²) < 4.78 is 5.86. The van der Waals surface area contributed by atoms with Crippen LogP contribution in [0.2, 0.25) is 0 Å². The van der Waals surface area contributed by atoms with Crippen LogP contribution in [0.4, 0.5) is 0 Å². The molecule has 2 bridgehead atoms. The van der Waals surface area contributed by atoms with E-state index in [1.165, 1.54) is 57.8 Å². The maximum Gasteiger partial charge on any atom is 0.138 e. The molecule has 0 spiro atoms. The topological polar surface area (TPSA) is 22.1 Å². The molecule has 4 fully saturated rings. The van der Waals surface area contributed by atoms with Crippen LogP contribution in [0.15, 0.2) is 18.5 Å². The number of ether oxygens (including phenoxy) is 1. The molecule has 1 aromatic rings. The number of pyridine rings is 1. The van der Waals surface area contributed by atoms with Crippen molar-refractivity contribution in [3.8, 4) is 5.75 Å². The zero-order valence-corrected chi connectivity index (χ0v) is 15.5. The largest absolute Gasteiger partial charge is 0.486 e. The van der Waals surface area contributed by atoms with Crippen LogP contribution >= 0.6 is 0 Å². The van der Waals surface area contributed by atoms with Gasteiger partial charge < -0.3 is 4.74 Å². The minimum Gasteiger partial charge on any atom is -0.486 e. The number of hydrogen-bond acceptors (Lipinski definition) is 2. The zero-order valence-electron chi connectivity index (χ0n) is 15.5. The molecule has 0 aromatic carbocycles. The van der Waals surface area contributed by atoms with Crippen LogP contribution in [0, 0.1) is 17.8 Å². The van der Waals surface area contributed by atoms with Gasteiger partial charge in [-0.25, -0.2) is 0 Å². The normalized spacial score (nSPS) is 34.1. The van der Waals surface area contributed by atoms with E-state index in [0.717, 1.165) is 22.1 Å². The third-order valence-electron chi connectivity index (χ3n) is 6.62. The smallest absolute Gasteiger partial charge is 0.138 e. The SMILES string of the molecule is CC12CCC(C)(CC1)CC2.Cc1cncc(OC2(C)CCC2)c1. The van der Waals surface area contributed by atoms with Gasteiger partial charge in [0.1, 0.15) is 11.4 Å². The van der Waals surface area contributed by atoms with Gasteiger partial charge in [-0.2, -0.15) is 0 Å². The lowest BCUT2D eigenvalue weighted by Gasteiger charge is -2.50. The lowest BCUT2D eigenvalue weighted by molar-refractivity contribution is 0.0109. The summed E-state index contributed by atoms with van der Waals surface area (Å²) in [5.74, 6) is 0.905. The van der Waals surface area contributed by atoms with Crippen molar-refractivity contribution in [3.63, 3.8) is 0 Å². The van der Waals surface area contributed by atoms with Crippen LogP contribution in [0.5, 0.6) is 5.75 Å². The van der Waals surface area contributed by atoms with Gasteiger partial charge in [-0.05, 0) is 94.1 Å². The third kappa shape index (κ3) is 4.08. The second-order valence-corrected chi connectivity index (χ2v) is 9.22. The molecular weight excluding hydrogens is 282 g/mol. The Kier molecular flexibility index (Phi) is 4.46. The maximum absolute atomic E-state index is 5.86. The van der Waals surface area contributed by atoms with Crippen LogP contribution in [-0.2, 0) is 0 Å². The molecule has 0 saturated heterocycles. The van der Waals surface area contributed by atoms with Gasteiger partial charge in [0.25, 0.3) is 0 Å². The molecule has 5 rings (SSSR count). The Morgan fingerprint density at radius 3 is 1.74 bits per heavy atom. The molecule has 0 aliphatic heterocycles. The quantitative estimate of drug-likeness (QED) is 0.660. The summed E-state index contributed by atoms with van der Waals surface area (Å²) in [5.41, 5.74) is 2.76. The Bertz CT molecular complexity index is 504. The Hall–Kier alpha value is -1.05. The summed E-state index contributed by atoms with van der Waals surface area (Å²) in [6.45, 7) is 9.15. The van der Waals surface area contributed by atoms with Gasteiger partial charge in [0, 0.05) is 6.20 Å². The predicted octanol–water partition coefficient (Wildman–Crippen LogP) is 6.08. The second-order valence-electron chi connectivity index (χ2n) is 9.22. The number of hydrogen-bond donors (Lipinski definition) is 0. The van der Waals surface area contributed by atoms with Crippen molar-refractivity contribution in [2.24, 2.45) is 10.8 Å². The molecule has 2 heteroatoms. The molecular formula is C21H33NO. The molecule has 0 radical (unpaired) electrons. The van der Waals surface area contributed by atoms with Gasteiger partial charge in [-0.3, -0.25) is 4.98 Å². The molecule has 0 amide bonds. The van der Waals surface area contributed by atoms with E-state index in [9.17, 15) is 0 Å². The second kappa shape index (κ2) is 6.11. The van der Waals surface area contributed by atoms with Gasteiger partial charge in [0.15, 0.2) is 0 Å². The van der Waals surface area contributed by atoms with Crippen LogP contribution in [-0.4, -0.2) is 10.6 Å². The summed E-state index contributed by atoms with van der Waals surface area (Å²) in [5, 5.41) is 0. The average Bonchev–Trinajstić information content (AvgIpc) is 2.48. The fourth-order valence-corrected chi connectivity index (χ4v) is 4.20. The average molecular weight is 316 g/mol. The van der Waals surface area contributed by atoms with E-state index >= 15 is 0 Å². The van der Waals surface area contributed by atoms with Crippen molar-refractivity contribution >= 4 is 0 Å². The van der Waals surface area contributed by atoms with Crippen molar-refractivity contribution < 1.29 is 4.74 Å². The molecule has 1 heterocycles. The highest BCUT2D eigenvalue weighted by Crippen LogP contribution is 2.56. The Morgan fingerprint density at radius 1 is 0.826 bits per heavy atom. The van der Waals surface area contributed by atoms with Crippen LogP contribution in [0.25, 0.3) is 0 Å². The van der Waals surface area contributed by atoms with E-state index in [-0.39, 0.29) is 5.60 Å². The van der Waals surface area contributed by atoms with Crippen molar-refractivity contribution in [3.05, 3.63) is 24.0 Å². The van der Waals surface area contributed by atoms with E-state index in [0.29, 0.717) is 0 Å². The number of rotatable bonds is 2. The highest BCUT2D eigenvalue weighted by Gasteiger charge is 2.42. The van der Waals surface area contributed by atoms with E-state index in [1.807, 2.05) is 19.2 Å². The highest BCUT2D eigenvalue weighted by molar-refractivity contribution is 5.23. The molecule has 1 aromatic heterocycles. The molecule has 4 aliphatic carbocycles. The van der Waals surface area contributed by atoms with E-state index in [2.05, 4.69) is 25.8 Å². The minimum atomic E-state index is 0.0788. The standard InChI is InChI=1S/C11H15NO.C10H18/c1-9-6-10(8-12-7-9)13-11(2)4-3-5-11;1-9-3-6-10(2,7-4-9)8-5-9/h6-8H,3-5H2,1-2H3;3-8H2,1-2H3. The van der Waals surface area contributed by atoms with E-state index in [4.69, 9.17) is 4.74 Å². The molecule has 4 saturated carbocycles. The first kappa shape index (κ1) is 16.8. The number of aryl methyl sites for hydroxylation is 1. The molecule has 2 nitrogen and oxygen atoms in total. The molecule has 0 unspecified atom stereocenters. The van der Waals surface area contributed by atoms with Crippen molar-refractivity contribution in [2.45, 2.75) is 91.1 Å². The summed E-state index contributed by atoms with van der Waals surface area (Å²) in [6, 6.07) is 2.04. The van der Waals surface area contributed by atoms with Crippen LogP contribution in [0.1, 0.15) is 84.1 Å². The van der Waals surface area contributed by atoms with Gasteiger partial charge in [-0.15, -0.1) is 0 Å². The Labute approximate surface area is 142 Å². The summed E-state index contributed by atoms with van der Waals surface area (Å²) in [7, 11) is 0. The molecule has 0 N–H and O–H groups in total. The Morgan fingerprint density at radius 2 is 1.35 bits per heavy atom. The van der Waals surface area contributed by atoms with Crippen LogP contribution in [0.3, 0.4) is 0 Å². The van der Waals surface area contributed by atoms with Crippen molar-refractivity contribution in [1.82, 2.24) is 4.98 Å².